The minimum absolute atomic E-state index is 0.170. The van der Waals surface area contributed by atoms with E-state index in [0.29, 0.717) is 29.5 Å². The molecule has 8 heteroatoms. The Morgan fingerprint density at radius 3 is 2.59 bits per heavy atom. The Morgan fingerprint density at radius 1 is 1.19 bits per heavy atom. The Labute approximate surface area is 162 Å². The molecule has 1 fully saturated rings. The lowest BCUT2D eigenvalue weighted by molar-refractivity contribution is -0.135. The Morgan fingerprint density at radius 2 is 1.89 bits per heavy atom. The minimum Gasteiger partial charge on any atom is -0.454 e. The molecule has 0 aliphatic carbocycles. The van der Waals surface area contributed by atoms with E-state index in [9.17, 15) is 14.4 Å². The summed E-state index contributed by atoms with van der Waals surface area (Å²) in [6.45, 7) is 5.17. The molecule has 0 aromatic heterocycles. The van der Waals surface area contributed by atoms with Crippen LogP contribution in [0.4, 0.5) is 4.79 Å². The smallest absolute Gasteiger partial charge is 0.294 e. The fourth-order valence-corrected chi connectivity index (χ4v) is 3.77. The number of benzene rings is 1. The molecule has 0 saturated carbocycles. The summed E-state index contributed by atoms with van der Waals surface area (Å²) < 4.78 is 10.6. The van der Waals surface area contributed by atoms with Crippen molar-refractivity contribution in [2.45, 2.75) is 26.7 Å². The predicted octanol–water partition coefficient (Wildman–Crippen LogP) is 3.10. The van der Waals surface area contributed by atoms with Gasteiger partial charge >= 0.3 is 0 Å². The van der Waals surface area contributed by atoms with Gasteiger partial charge in [-0.1, -0.05) is 19.9 Å². The molecule has 3 rings (SSSR count). The summed E-state index contributed by atoms with van der Waals surface area (Å²) in [5.41, 5.74) is 0.731. The summed E-state index contributed by atoms with van der Waals surface area (Å²) >= 11 is 0.846. The van der Waals surface area contributed by atoms with Gasteiger partial charge in [-0.2, -0.15) is 0 Å². The second-order valence-corrected chi connectivity index (χ2v) is 7.25. The van der Waals surface area contributed by atoms with Gasteiger partial charge in [0.25, 0.3) is 11.1 Å². The number of hydrogen-bond acceptors (Lipinski definition) is 6. The van der Waals surface area contributed by atoms with E-state index in [4.69, 9.17) is 9.47 Å². The van der Waals surface area contributed by atoms with Crippen LogP contribution < -0.4 is 9.47 Å². The molecule has 0 N–H and O–H groups in total. The van der Waals surface area contributed by atoms with Gasteiger partial charge in [-0.3, -0.25) is 19.3 Å². The first-order chi connectivity index (χ1) is 13.0. The number of carbonyl (C=O) groups excluding carboxylic acids is 3. The van der Waals surface area contributed by atoms with Crippen molar-refractivity contribution in [2.24, 2.45) is 0 Å². The Bertz CT molecular complexity index is 786. The molecule has 1 aromatic carbocycles. The average molecular weight is 390 g/mol. The van der Waals surface area contributed by atoms with Crippen molar-refractivity contribution in [1.82, 2.24) is 9.80 Å². The standard InChI is InChI=1S/C19H22N2O5S/c1-3-7-20(8-4-2)17(22)11-21-18(23)16(27-19(21)24)10-13-5-6-14-15(9-13)26-12-25-14/h5-6,9-10H,3-4,7-8,11-12H2,1-2H3/b16-10-. The molecule has 2 heterocycles. The molecule has 3 amide bonds. The summed E-state index contributed by atoms with van der Waals surface area (Å²) in [5.74, 6) is 0.611. The lowest BCUT2D eigenvalue weighted by Gasteiger charge is -2.23. The van der Waals surface area contributed by atoms with E-state index < -0.39 is 11.1 Å². The van der Waals surface area contributed by atoms with Crippen molar-refractivity contribution in [2.75, 3.05) is 26.4 Å². The number of rotatable bonds is 7. The maximum atomic E-state index is 12.6. The molecule has 2 aliphatic heterocycles. The summed E-state index contributed by atoms with van der Waals surface area (Å²) in [4.78, 5) is 40.4. The van der Waals surface area contributed by atoms with E-state index in [1.54, 1.807) is 29.2 Å². The Kier molecular flexibility index (Phi) is 6.05. The second-order valence-electron chi connectivity index (χ2n) is 6.26. The van der Waals surface area contributed by atoms with E-state index in [1.165, 1.54) is 0 Å². The summed E-state index contributed by atoms with van der Waals surface area (Å²) in [5, 5.41) is -0.423. The van der Waals surface area contributed by atoms with Crippen LogP contribution in [0.25, 0.3) is 6.08 Å². The van der Waals surface area contributed by atoms with E-state index in [1.807, 2.05) is 13.8 Å². The first-order valence-electron chi connectivity index (χ1n) is 8.96. The third-order valence-electron chi connectivity index (χ3n) is 4.20. The summed E-state index contributed by atoms with van der Waals surface area (Å²) in [7, 11) is 0. The molecule has 0 spiro atoms. The summed E-state index contributed by atoms with van der Waals surface area (Å²) in [6, 6.07) is 5.30. The number of thioether (sulfide) groups is 1. The lowest BCUT2D eigenvalue weighted by atomic mass is 10.2. The van der Waals surface area contributed by atoms with Gasteiger partial charge in [-0.15, -0.1) is 0 Å². The molecule has 1 saturated heterocycles. The zero-order chi connectivity index (χ0) is 19.4. The molecule has 144 valence electrons. The van der Waals surface area contributed by atoms with Gasteiger partial charge in [0, 0.05) is 13.1 Å². The number of hydrogen-bond donors (Lipinski definition) is 0. The van der Waals surface area contributed by atoms with E-state index in [2.05, 4.69) is 0 Å². The second kappa shape index (κ2) is 8.47. The van der Waals surface area contributed by atoms with Crippen LogP contribution in [0.5, 0.6) is 11.5 Å². The third-order valence-corrected chi connectivity index (χ3v) is 5.11. The average Bonchev–Trinajstić information content (AvgIpc) is 3.21. The highest BCUT2D eigenvalue weighted by atomic mass is 32.2. The number of nitrogens with zero attached hydrogens (tertiary/aromatic N) is 2. The van der Waals surface area contributed by atoms with E-state index >= 15 is 0 Å². The van der Waals surface area contributed by atoms with Gasteiger partial charge in [-0.25, -0.2) is 0 Å². The van der Waals surface area contributed by atoms with Crippen molar-refractivity contribution < 1.29 is 23.9 Å². The van der Waals surface area contributed by atoms with Gasteiger partial charge in [0.15, 0.2) is 11.5 Å². The Hall–Kier alpha value is -2.48. The molecular weight excluding hydrogens is 368 g/mol. The van der Waals surface area contributed by atoms with Crippen LogP contribution in [0, 0.1) is 0 Å². The third kappa shape index (κ3) is 4.27. The SMILES string of the molecule is CCCN(CCC)C(=O)CN1C(=O)S/C(=C\c2ccc3c(c2)OCO3)C1=O. The molecule has 27 heavy (non-hydrogen) atoms. The first-order valence-corrected chi connectivity index (χ1v) is 9.78. The number of imide groups is 1. The van der Waals surface area contributed by atoms with Crippen LogP contribution in [0.1, 0.15) is 32.3 Å². The quantitative estimate of drug-likeness (QED) is 0.666. The van der Waals surface area contributed by atoms with Crippen LogP contribution in [0.15, 0.2) is 23.1 Å². The number of ether oxygens (including phenoxy) is 2. The molecule has 0 radical (unpaired) electrons. The molecule has 0 bridgehead atoms. The molecule has 0 unspecified atom stereocenters. The first kappa shape index (κ1) is 19.3. The zero-order valence-corrected chi connectivity index (χ0v) is 16.2. The number of carbonyl (C=O) groups is 3. The van der Waals surface area contributed by atoms with Gasteiger partial charge < -0.3 is 14.4 Å². The van der Waals surface area contributed by atoms with Crippen molar-refractivity contribution in [3.63, 3.8) is 0 Å². The molecular formula is C19H22N2O5S. The van der Waals surface area contributed by atoms with Crippen molar-refractivity contribution >= 4 is 34.9 Å². The van der Waals surface area contributed by atoms with E-state index in [-0.39, 0.29) is 19.2 Å². The van der Waals surface area contributed by atoms with Crippen LogP contribution in [-0.4, -0.2) is 53.3 Å². The maximum absolute atomic E-state index is 12.6. The van der Waals surface area contributed by atoms with E-state index in [0.717, 1.165) is 35.1 Å². The van der Waals surface area contributed by atoms with Gasteiger partial charge in [0.1, 0.15) is 6.54 Å². The number of fused-ring (bicyclic) bond motifs is 1. The Balaban J connectivity index is 1.72. The highest BCUT2D eigenvalue weighted by Gasteiger charge is 2.37. The van der Waals surface area contributed by atoms with Crippen LogP contribution >= 0.6 is 11.8 Å². The van der Waals surface area contributed by atoms with Gasteiger partial charge in [0.2, 0.25) is 12.7 Å². The minimum atomic E-state index is -0.441. The summed E-state index contributed by atoms with van der Waals surface area (Å²) in [6.07, 6.45) is 3.29. The normalized spacial score (nSPS) is 17.1. The van der Waals surface area contributed by atoms with Crippen molar-refractivity contribution in [3.05, 3.63) is 28.7 Å². The van der Waals surface area contributed by atoms with Gasteiger partial charge in [-0.05, 0) is 48.4 Å². The predicted molar refractivity (Wildman–Crippen MR) is 102 cm³/mol. The zero-order valence-electron chi connectivity index (χ0n) is 15.4. The molecule has 1 aromatic rings. The maximum Gasteiger partial charge on any atom is 0.294 e. The molecule has 2 aliphatic rings. The highest BCUT2D eigenvalue weighted by molar-refractivity contribution is 8.18. The fourth-order valence-electron chi connectivity index (χ4n) is 2.93. The highest BCUT2D eigenvalue weighted by Crippen LogP contribution is 2.36. The molecule has 0 atom stereocenters. The largest absolute Gasteiger partial charge is 0.454 e. The van der Waals surface area contributed by atoms with Crippen LogP contribution in [0.2, 0.25) is 0 Å². The van der Waals surface area contributed by atoms with Crippen molar-refractivity contribution in [3.8, 4) is 11.5 Å². The van der Waals surface area contributed by atoms with Crippen LogP contribution in [-0.2, 0) is 9.59 Å². The fraction of sp³-hybridized carbons (Fsp3) is 0.421. The van der Waals surface area contributed by atoms with Gasteiger partial charge in [0.05, 0.1) is 4.91 Å². The van der Waals surface area contributed by atoms with Crippen LogP contribution in [0.3, 0.4) is 0 Å². The number of amides is 3. The topological polar surface area (TPSA) is 76.2 Å². The monoisotopic (exact) mass is 390 g/mol. The lowest BCUT2D eigenvalue weighted by Crippen LogP contribution is -2.42. The van der Waals surface area contributed by atoms with Crippen molar-refractivity contribution in [1.29, 1.82) is 0 Å². The molecule has 7 nitrogen and oxygen atoms in total.